The van der Waals surface area contributed by atoms with Crippen molar-refractivity contribution in [3.8, 4) is 0 Å². The van der Waals surface area contributed by atoms with Crippen molar-refractivity contribution in [3.63, 3.8) is 0 Å². The van der Waals surface area contributed by atoms with Crippen LogP contribution in [0, 0.1) is 0 Å². The van der Waals surface area contributed by atoms with Crippen molar-refractivity contribution >= 4 is 29.3 Å². The van der Waals surface area contributed by atoms with E-state index in [1.807, 2.05) is 30.5 Å². The molecule has 1 rings (SSSR count). The Labute approximate surface area is 130 Å². The molecule has 0 aromatic heterocycles. The maximum Gasteiger partial charge on any atom is 0.241 e. The van der Waals surface area contributed by atoms with Gasteiger partial charge in [-0.3, -0.25) is 9.59 Å². The molecule has 0 saturated carbocycles. The zero-order valence-corrected chi connectivity index (χ0v) is 13.6. The van der Waals surface area contributed by atoms with Crippen molar-refractivity contribution in [2.45, 2.75) is 25.9 Å². The van der Waals surface area contributed by atoms with Crippen LogP contribution < -0.4 is 11.1 Å². The van der Waals surface area contributed by atoms with Gasteiger partial charge in [0.25, 0.3) is 0 Å². The fourth-order valence-corrected chi connectivity index (χ4v) is 2.23. The van der Waals surface area contributed by atoms with Crippen LogP contribution in [-0.4, -0.2) is 41.8 Å². The van der Waals surface area contributed by atoms with Gasteiger partial charge in [0.05, 0.1) is 6.04 Å². The highest BCUT2D eigenvalue weighted by Crippen LogP contribution is 2.13. The molecule has 3 N–H and O–H groups in total. The maximum absolute atomic E-state index is 12.0. The molecule has 0 fully saturated rings. The van der Waals surface area contributed by atoms with E-state index in [1.54, 1.807) is 23.7 Å². The van der Waals surface area contributed by atoms with Gasteiger partial charge in [-0.25, -0.2) is 0 Å². The minimum Gasteiger partial charge on any atom is -0.342 e. The van der Waals surface area contributed by atoms with Crippen LogP contribution in [0.5, 0.6) is 0 Å². The van der Waals surface area contributed by atoms with E-state index >= 15 is 0 Å². The minimum atomic E-state index is -0.499. The second kappa shape index (κ2) is 8.69. The Hall–Kier alpha value is -1.53. The number of nitrogens with one attached hydrogen (secondary N) is 1. The third kappa shape index (κ3) is 6.18. The number of nitrogens with zero attached hydrogens (tertiary/aromatic N) is 1. The second-order valence-electron chi connectivity index (χ2n) is 4.95. The number of thioether (sulfide) groups is 1. The van der Waals surface area contributed by atoms with Crippen molar-refractivity contribution in [1.29, 1.82) is 0 Å². The van der Waals surface area contributed by atoms with Crippen molar-refractivity contribution in [2.24, 2.45) is 5.73 Å². The van der Waals surface area contributed by atoms with Crippen LogP contribution in [0.2, 0.25) is 0 Å². The first-order valence-electron chi connectivity index (χ1n) is 6.80. The third-order valence-corrected chi connectivity index (χ3v) is 3.77. The van der Waals surface area contributed by atoms with Gasteiger partial charge in [0.2, 0.25) is 11.8 Å². The average molecular weight is 309 g/mol. The van der Waals surface area contributed by atoms with Gasteiger partial charge in [0.15, 0.2) is 0 Å². The summed E-state index contributed by atoms with van der Waals surface area (Å²) < 4.78 is 0. The van der Waals surface area contributed by atoms with E-state index in [1.165, 1.54) is 6.92 Å². The van der Waals surface area contributed by atoms with Gasteiger partial charge in [-0.1, -0.05) is 12.1 Å². The van der Waals surface area contributed by atoms with E-state index in [-0.39, 0.29) is 11.8 Å². The summed E-state index contributed by atoms with van der Waals surface area (Å²) in [6.45, 7) is 2.04. The molecule has 0 unspecified atom stereocenters. The fourth-order valence-electron chi connectivity index (χ4n) is 1.74. The van der Waals surface area contributed by atoms with Gasteiger partial charge in [0.1, 0.15) is 0 Å². The first-order chi connectivity index (χ1) is 9.93. The summed E-state index contributed by atoms with van der Waals surface area (Å²) in [5.74, 6) is 0.683. The lowest BCUT2D eigenvalue weighted by Crippen LogP contribution is -2.36. The van der Waals surface area contributed by atoms with Gasteiger partial charge in [-0.2, -0.15) is 11.8 Å². The van der Waals surface area contributed by atoms with Crippen LogP contribution in [0.1, 0.15) is 18.9 Å². The monoisotopic (exact) mass is 309 g/mol. The average Bonchev–Trinajstić information content (AvgIpc) is 2.44. The Balaban J connectivity index is 2.63. The lowest BCUT2D eigenvalue weighted by Gasteiger charge is -2.16. The van der Waals surface area contributed by atoms with Crippen LogP contribution in [0.15, 0.2) is 24.3 Å². The second-order valence-corrected chi connectivity index (χ2v) is 5.94. The zero-order valence-electron chi connectivity index (χ0n) is 12.8. The van der Waals surface area contributed by atoms with E-state index in [0.717, 1.165) is 11.3 Å². The number of anilines is 1. The van der Waals surface area contributed by atoms with Gasteiger partial charge < -0.3 is 16.0 Å². The van der Waals surface area contributed by atoms with E-state index in [0.29, 0.717) is 18.7 Å². The number of hydrogen-bond donors (Lipinski definition) is 2. The van der Waals surface area contributed by atoms with Crippen molar-refractivity contribution in [2.75, 3.05) is 24.4 Å². The van der Waals surface area contributed by atoms with Crippen molar-refractivity contribution in [3.05, 3.63) is 29.8 Å². The Morgan fingerprint density at radius 1 is 1.43 bits per heavy atom. The van der Waals surface area contributed by atoms with E-state index in [2.05, 4.69) is 5.32 Å². The quantitative estimate of drug-likeness (QED) is 0.803. The summed E-state index contributed by atoms with van der Waals surface area (Å²) in [6, 6.07) is 6.95. The molecule has 0 aliphatic heterocycles. The smallest absolute Gasteiger partial charge is 0.241 e. The Morgan fingerprint density at radius 2 is 2.14 bits per heavy atom. The van der Waals surface area contributed by atoms with Crippen LogP contribution in [0.3, 0.4) is 0 Å². The number of amides is 2. The zero-order chi connectivity index (χ0) is 15.8. The van der Waals surface area contributed by atoms with E-state index in [4.69, 9.17) is 5.73 Å². The molecule has 1 atom stereocenters. The number of rotatable bonds is 7. The highest BCUT2D eigenvalue weighted by Gasteiger charge is 2.13. The predicted octanol–water partition coefficient (Wildman–Crippen LogP) is 1.68. The molecule has 5 nitrogen and oxygen atoms in total. The molecule has 0 heterocycles. The van der Waals surface area contributed by atoms with Crippen LogP contribution in [0.25, 0.3) is 0 Å². The summed E-state index contributed by atoms with van der Waals surface area (Å²) >= 11 is 1.67. The fraction of sp³-hybridized carbons (Fsp3) is 0.467. The van der Waals surface area contributed by atoms with Crippen LogP contribution in [0.4, 0.5) is 5.69 Å². The Kier molecular flexibility index (Phi) is 7.25. The van der Waals surface area contributed by atoms with Gasteiger partial charge in [0, 0.05) is 26.2 Å². The molecule has 0 radical (unpaired) electrons. The molecule has 0 saturated heterocycles. The molecular formula is C15H23N3O2S. The first kappa shape index (κ1) is 17.5. The molecule has 6 heteroatoms. The largest absolute Gasteiger partial charge is 0.342 e. The predicted molar refractivity (Wildman–Crippen MR) is 88.2 cm³/mol. The van der Waals surface area contributed by atoms with Crippen molar-refractivity contribution < 1.29 is 9.59 Å². The highest BCUT2D eigenvalue weighted by molar-refractivity contribution is 7.98. The molecule has 1 aromatic carbocycles. The Morgan fingerprint density at radius 3 is 2.76 bits per heavy atom. The highest BCUT2D eigenvalue weighted by atomic mass is 32.2. The molecule has 1 aromatic rings. The molecule has 116 valence electrons. The maximum atomic E-state index is 12.0. The van der Waals surface area contributed by atoms with E-state index < -0.39 is 6.04 Å². The van der Waals surface area contributed by atoms with E-state index in [9.17, 15) is 9.59 Å². The third-order valence-electron chi connectivity index (χ3n) is 3.12. The normalized spacial score (nSPS) is 11.8. The summed E-state index contributed by atoms with van der Waals surface area (Å²) in [7, 11) is 1.74. The standard InChI is InChI=1S/C15H23N3O2S/c1-11(19)18(2)10-12-5-4-6-13(9-12)17-15(20)14(16)7-8-21-3/h4-6,9,14H,7-8,10,16H2,1-3H3,(H,17,20)/t14-/m0/s1. The SMILES string of the molecule is CSCC[C@H](N)C(=O)Nc1cccc(CN(C)C(C)=O)c1. The number of hydrogen-bond acceptors (Lipinski definition) is 4. The molecule has 0 spiro atoms. The summed E-state index contributed by atoms with van der Waals surface area (Å²) in [5.41, 5.74) is 7.50. The lowest BCUT2D eigenvalue weighted by atomic mass is 10.1. The summed E-state index contributed by atoms with van der Waals surface area (Å²) in [5, 5.41) is 2.82. The molecule has 0 aliphatic rings. The first-order valence-corrected chi connectivity index (χ1v) is 8.19. The molecular weight excluding hydrogens is 286 g/mol. The Bertz CT molecular complexity index is 494. The number of carbonyl (C=O) groups is 2. The number of carbonyl (C=O) groups excluding carboxylic acids is 2. The van der Waals surface area contributed by atoms with Gasteiger partial charge >= 0.3 is 0 Å². The molecule has 2 amide bonds. The molecule has 21 heavy (non-hydrogen) atoms. The lowest BCUT2D eigenvalue weighted by molar-refractivity contribution is -0.128. The summed E-state index contributed by atoms with van der Waals surface area (Å²) in [4.78, 5) is 24.8. The van der Waals surface area contributed by atoms with Crippen LogP contribution in [-0.2, 0) is 16.1 Å². The van der Waals surface area contributed by atoms with Crippen molar-refractivity contribution in [1.82, 2.24) is 4.90 Å². The van der Waals surface area contributed by atoms with Gasteiger partial charge in [-0.05, 0) is 36.1 Å². The molecule has 0 bridgehead atoms. The van der Waals surface area contributed by atoms with Crippen LogP contribution >= 0.6 is 11.8 Å². The van der Waals surface area contributed by atoms with Gasteiger partial charge in [-0.15, -0.1) is 0 Å². The number of nitrogens with two attached hydrogens (primary N) is 1. The topological polar surface area (TPSA) is 75.4 Å². The minimum absolute atomic E-state index is 0.00327. The summed E-state index contributed by atoms with van der Waals surface area (Å²) in [6.07, 6.45) is 2.64. The number of benzene rings is 1. The molecule has 0 aliphatic carbocycles.